The van der Waals surface area contributed by atoms with Gasteiger partial charge in [0.05, 0.1) is 12.2 Å². The van der Waals surface area contributed by atoms with Gasteiger partial charge in [0.15, 0.2) is 0 Å². The number of amides is 1. The van der Waals surface area contributed by atoms with E-state index >= 15 is 0 Å². The summed E-state index contributed by atoms with van der Waals surface area (Å²) < 4.78 is 7.20. The van der Waals surface area contributed by atoms with Crippen LogP contribution in [0.5, 0.6) is 0 Å². The van der Waals surface area contributed by atoms with Gasteiger partial charge in [-0.1, -0.05) is 42.5 Å². The summed E-state index contributed by atoms with van der Waals surface area (Å²) in [5.74, 6) is -0.300. The number of aryl methyl sites for hydroxylation is 1. The van der Waals surface area contributed by atoms with Gasteiger partial charge in [-0.2, -0.15) is 0 Å². The molecule has 1 aliphatic rings. The first-order chi connectivity index (χ1) is 16.4. The zero-order chi connectivity index (χ0) is 24.2. The van der Waals surface area contributed by atoms with E-state index in [4.69, 9.17) is 4.74 Å². The first kappa shape index (κ1) is 23.6. The number of benzene rings is 2. The molecule has 0 radical (unpaired) electrons. The maximum Gasteiger partial charge on any atom is 0.339 e. The zero-order valence-corrected chi connectivity index (χ0v) is 20.5. The summed E-state index contributed by atoms with van der Waals surface area (Å²) in [7, 11) is 0. The molecule has 3 aromatic rings. The van der Waals surface area contributed by atoms with E-state index in [-0.39, 0.29) is 24.5 Å². The van der Waals surface area contributed by atoms with Crippen LogP contribution in [0.3, 0.4) is 0 Å². The molecule has 0 N–H and O–H groups in total. The number of rotatable bonds is 6. The predicted molar refractivity (Wildman–Crippen MR) is 135 cm³/mol. The van der Waals surface area contributed by atoms with Gasteiger partial charge in [0.25, 0.3) is 0 Å². The molecular weight excluding hydrogens is 426 g/mol. The van der Waals surface area contributed by atoms with Crippen molar-refractivity contribution in [2.24, 2.45) is 0 Å². The van der Waals surface area contributed by atoms with Crippen LogP contribution in [-0.2, 0) is 16.1 Å². The minimum absolute atomic E-state index is 0.0574. The molecule has 1 atom stereocenters. The van der Waals surface area contributed by atoms with E-state index < -0.39 is 0 Å². The van der Waals surface area contributed by atoms with Gasteiger partial charge in [0.2, 0.25) is 5.91 Å². The van der Waals surface area contributed by atoms with Crippen molar-refractivity contribution in [2.75, 3.05) is 31.1 Å². The lowest BCUT2D eigenvalue weighted by Crippen LogP contribution is -2.54. The van der Waals surface area contributed by atoms with E-state index in [1.54, 1.807) is 6.92 Å². The van der Waals surface area contributed by atoms with Crippen LogP contribution in [0.25, 0.3) is 11.3 Å². The highest BCUT2D eigenvalue weighted by Crippen LogP contribution is 2.27. The summed E-state index contributed by atoms with van der Waals surface area (Å²) in [6.45, 7) is 10.6. The van der Waals surface area contributed by atoms with Crippen molar-refractivity contribution in [2.45, 2.75) is 40.3 Å². The maximum absolute atomic E-state index is 13.4. The van der Waals surface area contributed by atoms with E-state index in [9.17, 15) is 9.59 Å². The highest BCUT2D eigenvalue weighted by atomic mass is 16.5. The standard InChI is InChI=1S/C28H33N3O3/c1-5-34-28(33)25-17-26(23-11-7-6-8-12-23)31(22(25)4)19-27(32)29-14-15-30(21(3)18-29)24-13-9-10-20(2)16-24/h6-13,16-17,21H,5,14-15,18-19H2,1-4H3. The molecule has 4 rings (SSSR count). The molecule has 0 aliphatic carbocycles. The van der Waals surface area contributed by atoms with Crippen LogP contribution in [0.1, 0.15) is 35.5 Å². The third-order valence-corrected chi connectivity index (χ3v) is 6.54. The average molecular weight is 460 g/mol. The third kappa shape index (κ3) is 4.86. The number of esters is 1. The second-order valence-corrected chi connectivity index (χ2v) is 8.92. The second kappa shape index (κ2) is 10.2. The molecule has 6 nitrogen and oxygen atoms in total. The van der Waals surface area contributed by atoms with Crippen molar-refractivity contribution in [3.05, 3.63) is 77.5 Å². The van der Waals surface area contributed by atoms with Crippen LogP contribution in [0.4, 0.5) is 5.69 Å². The van der Waals surface area contributed by atoms with E-state index in [0.717, 1.165) is 23.5 Å². The zero-order valence-electron chi connectivity index (χ0n) is 20.5. The van der Waals surface area contributed by atoms with Gasteiger partial charge in [-0.3, -0.25) is 4.79 Å². The van der Waals surface area contributed by atoms with E-state index in [1.807, 2.05) is 52.8 Å². The number of carbonyl (C=O) groups is 2. The van der Waals surface area contributed by atoms with Crippen molar-refractivity contribution in [1.29, 1.82) is 0 Å². The Morgan fingerprint density at radius 2 is 1.76 bits per heavy atom. The molecule has 178 valence electrons. The summed E-state index contributed by atoms with van der Waals surface area (Å²) in [5.41, 5.74) is 5.50. The molecule has 1 fully saturated rings. The minimum atomic E-state index is -0.358. The van der Waals surface area contributed by atoms with Crippen molar-refractivity contribution in [3.63, 3.8) is 0 Å². The van der Waals surface area contributed by atoms with Crippen LogP contribution in [-0.4, -0.2) is 53.6 Å². The molecular formula is C28H33N3O3. The van der Waals surface area contributed by atoms with E-state index in [0.29, 0.717) is 25.3 Å². The molecule has 0 spiro atoms. The van der Waals surface area contributed by atoms with Crippen LogP contribution in [0.2, 0.25) is 0 Å². The fraction of sp³-hybridized carbons (Fsp3) is 0.357. The first-order valence-corrected chi connectivity index (χ1v) is 11.9. The molecule has 2 heterocycles. The molecule has 0 saturated carbocycles. The van der Waals surface area contributed by atoms with Gasteiger partial charge in [-0.05, 0) is 57.0 Å². The topological polar surface area (TPSA) is 54.8 Å². The average Bonchev–Trinajstić information content (AvgIpc) is 3.15. The monoisotopic (exact) mass is 459 g/mol. The second-order valence-electron chi connectivity index (χ2n) is 8.92. The van der Waals surface area contributed by atoms with Crippen LogP contribution in [0, 0.1) is 13.8 Å². The van der Waals surface area contributed by atoms with Crippen molar-refractivity contribution >= 4 is 17.6 Å². The normalized spacial score (nSPS) is 15.9. The summed E-state index contributed by atoms with van der Waals surface area (Å²) in [4.78, 5) is 30.3. The Hall–Kier alpha value is -3.54. The number of carbonyl (C=O) groups excluding carboxylic acids is 2. The summed E-state index contributed by atoms with van der Waals surface area (Å²) in [6, 6.07) is 20.4. The van der Waals surface area contributed by atoms with Crippen molar-refractivity contribution < 1.29 is 14.3 Å². The fourth-order valence-electron chi connectivity index (χ4n) is 4.72. The number of hydrogen-bond donors (Lipinski definition) is 0. The number of anilines is 1. The van der Waals surface area contributed by atoms with Crippen LogP contribution >= 0.6 is 0 Å². The molecule has 0 bridgehead atoms. The van der Waals surface area contributed by atoms with Gasteiger partial charge >= 0.3 is 5.97 Å². The van der Waals surface area contributed by atoms with Gasteiger partial charge < -0.3 is 19.1 Å². The molecule has 1 saturated heterocycles. The van der Waals surface area contributed by atoms with Crippen molar-refractivity contribution in [1.82, 2.24) is 9.47 Å². The lowest BCUT2D eigenvalue weighted by molar-refractivity contribution is -0.132. The predicted octanol–water partition coefficient (Wildman–Crippen LogP) is 4.69. The lowest BCUT2D eigenvalue weighted by Gasteiger charge is -2.41. The summed E-state index contributed by atoms with van der Waals surface area (Å²) >= 11 is 0. The molecule has 6 heteroatoms. The SMILES string of the molecule is CCOC(=O)c1cc(-c2ccccc2)n(CC(=O)N2CCN(c3cccc(C)c3)C(C)C2)c1C. The minimum Gasteiger partial charge on any atom is -0.462 e. The number of hydrogen-bond acceptors (Lipinski definition) is 4. The fourth-order valence-corrected chi connectivity index (χ4v) is 4.72. The highest BCUT2D eigenvalue weighted by molar-refractivity contribution is 5.93. The van der Waals surface area contributed by atoms with Gasteiger partial charge in [-0.15, -0.1) is 0 Å². The first-order valence-electron chi connectivity index (χ1n) is 11.9. The Kier molecular flexibility index (Phi) is 7.06. The van der Waals surface area contributed by atoms with Crippen LogP contribution < -0.4 is 4.90 Å². The number of aromatic nitrogens is 1. The highest BCUT2D eigenvalue weighted by Gasteiger charge is 2.28. The van der Waals surface area contributed by atoms with Gasteiger partial charge in [0.1, 0.15) is 6.54 Å². The number of nitrogens with zero attached hydrogens (tertiary/aromatic N) is 3. The van der Waals surface area contributed by atoms with E-state index in [1.165, 1.54) is 11.3 Å². The summed E-state index contributed by atoms with van der Waals surface area (Å²) in [6.07, 6.45) is 0. The number of ether oxygens (including phenoxy) is 1. The van der Waals surface area contributed by atoms with Gasteiger partial charge in [-0.25, -0.2) is 4.79 Å². The van der Waals surface area contributed by atoms with Crippen LogP contribution in [0.15, 0.2) is 60.7 Å². The maximum atomic E-state index is 13.4. The Balaban J connectivity index is 1.55. The van der Waals surface area contributed by atoms with Gasteiger partial charge in [0, 0.05) is 42.8 Å². The largest absolute Gasteiger partial charge is 0.462 e. The Morgan fingerprint density at radius 1 is 1.00 bits per heavy atom. The molecule has 2 aromatic carbocycles. The van der Waals surface area contributed by atoms with Crippen molar-refractivity contribution in [3.8, 4) is 11.3 Å². The Morgan fingerprint density at radius 3 is 2.44 bits per heavy atom. The Bertz CT molecular complexity index is 1170. The quantitative estimate of drug-likeness (QED) is 0.502. The lowest BCUT2D eigenvalue weighted by atomic mass is 10.1. The smallest absolute Gasteiger partial charge is 0.339 e. The molecule has 1 amide bonds. The third-order valence-electron chi connectivity index (χ3n) is 6.54. The molecule has 1 aliphatic heterocycles. The summed E-state index contributed by atoms with van der Waals surface area (Å²) in [5, 5.41) is 0. The molecule has 34 heavy (non-hydrogen) atoms. The number of piperazine rings is 1. The molecule has 1 aromatic heterocycles. The Labute approximate surface area is 201 Å². The molecule has 1 unspecified atom stereocenters. The van der Waals surface area contributed by atoms with E-state index in [2.05, 4.69) is 43.0 Å².